The van der Waals surface area contributed by atoms with E-state index in [-0.39, 0.29) is 11.5 Å². The third kappa shape index (κ3) is 4.45. The first-order valence-electron chi connectivity index (χ1n) is 9.81. The molecule has 0 radical (unpaired) electrons. The molecule has 1 unspecified atom stereocenters. The number of ether oxygens (including phenoxy) is 1. The molecule has 154 valence electrons. The number of morpholine rings is 1. The molecule has 8 nitrogen and oxygen atoms in total. The second-order valence-corrected chi connectivity index (χ2v) is 7.16. The fourth-order valence-corrected chi connectivity index (χ4v) is 3.52. The fourth-order valence-electron chi connectivity index (χ4n) is 3.52. The lowest BCUT2D eigenvalue weighted by molar-refractivity contribution is -0.123. The SMILES string of the molecule is Cc1ccc(-c2ccc(=O)[nH]n2)cc1NC(=O)C(c1cccnc1)N1CCOCC1. The van der Waals surface area contributed by atoms with Crippen molar-refractivity contribution in [2.24, 2.45) is 0 Å². The van der Waals surface area contributed by atoms with Crippen molar-refractivity contribution in [2.45, 2.75) is 13.0 Å². The lowest BCUT2D eigenvalue weighted by Gasteiger charge is -2.33. The first kappa shape index (κ1) is 19.9. The molecule has 0 saturated carbocycles. The average molecular weight is 405 g/mol. The number of H-pyrrole nitrogens is 1. The summed E-state index contributed by atoms with van der Waals surface area (Å²) in [6.45, 7) is 4.47. The molecule has 1 aliphatic heterocycles. The Morgan fingerprint density at radius 2 is 2.03 bits per heavy atom. The number of hydrogen-bond acceptors (Lipinski definition) is 6. The molecule has 2 aromatic heterocycles. The van der Waals surface area contributed by atoms with Crippen LogP contribution in [0.1, 0.15) is 17.2 Å². The van der Waals surface area contributed by atoms with E-state index in [1.165, 1.54) is 6.07 Å². The molecule has 4 rings (SSSR count). The monoisotopic (exact) mass is 405 g/mol. The molecule has 3 aromatic rings. The number of aromatic nitrogens is 3. The van der Waals surface area contributed by atoms with Crippen LogP contribution in [0.25, 0.3) is 11.3 Å². The molecular formula is C22H23N5O3. The maximum absolute atomic E-state index is 13.4. The van der Waals surface area contributed by atoms with E-state index in [4.69, 9.17) is 4.74 Å². The number of benzene rings is 1. The molecule has 1 fully saturated rings. The number of aromatic amines is 1. The van der Waals surface area contributed by atoms with Crippen LogP contribution in [0, 0.1) is 6.92 Å². The highest BCUT2D eigenvalue weighted by Crippen LogP contribution is 2.27. The topological polar surface area (TPSA) is 100 Å². The third-order valence-electron chi connectivity index (χ3n) is 5.13. The van der Waals surface area contributed by atoms with Gasteiger partial charge >= 0.3 is 0 Å². The van der Waals surface area contributed by atoms with Crippen LogP contribution >= 0.6 is 0 Å². The Labute approximate surface area is 173 Å². The van der Waals surface area contributed by atoms with E-state index in [0.717, 1.165) is 16.7 Å². The van der Waals surface area contributed by atoms with Crippen LogP contribution < -0.4 is 10.9 Å². The van der Waals surface area contributed by atoms with E-state index in [9.17, 15) is 9.59 Å². The van der Waals surface area contributed by atoms with Crippen molar-refractivity contribution in [1.82, 2.24) is 20.1 Å². The Morgan fingerprint density at radius 3 is 2.73 bits per heavy atom. The summed E-state index contributed by atoms with van der Waals surface area (Å²) >= 11 is 0. The lowest BCUT2D eigenvalue weighted by atomic mass is 10.0. The molecule has 0 bridgehead atoms. The molecule has 8 heteroatoms. The molecule has 0 aliphatic carbocycles. The first-order chi connectivity index (χ1) is 14.6. The number of nitrogens with one attached hydrogen (secondary N) is 2. The zero-order chi connectivity index (χ0) is 20.9. The number of rotatable bonds is 5. The fraction of sp³-hybridized carbons (Fsp3) is 0.273. The van der Waals surface area contributed by atoms with Gasteiger partial charge in [-0.3, -0.25) is 19.5 Å². The number of amides is 1. The van der Waals surface area contributed by atoms with Crippen molar-refractivity contribution < 1.29 is 9.53 Å². The third-order valence-corrected chi connectivity index (χ3v) is 5.13. The van der Waals surface area contributed by atoms with Crippen molar-refractivity contribution in [3.63, 3.8) is 0 Å². The predicted octanol–water partition coefficient (Wildman–Crippen LogP) is 2.15. The molecule has 3 heterocycles. The van der Waals surface area contributed by atoms with Gasteiger partial charge in [-0.25, -0.2) is 5.10 Å². The van der Waals surface area contributed by atoms with Crippen molar-refractivity contribution >= 4 is 11.6 Å². The summed E-state index contributed by atoms with van der Waals surface area (Å²) in [5, 5.41) is 9.59. The summed E-state index contributed by atoms with van der Waals surface area (Å²) in [7, 11) is 0. The summed E-state index contributed by atoms with van der Waals surface area (Å²) < 4.78 is 5.45. The molecule has 1 aromatic carbocycles. The van der Waals surface area contributed by atoms with E-state index < -0.39 is 6.04 Å². The zero-order valence-corrected chi connectivity index (χ0v) is 16.7. The van der Waals surface area contributed by atoms with Gasteiger partial charge in [-0.15, -0.1) is 0 Å². The Balaban J connectivity index is 1.62. The predicted molar refractivity (Wildman–Crippen MR) is 113 cm³/mol. The van der Waals surface area contributed by atoms with Gasteiger partial charge in [-0.2, -0.15) is 5.10 Å². The van der Waals surface area contributed by atoms with Crippen molar-refractivity contribution in [3.05, 3.63) is 76.3 Å². The van der Waals surface area contributed by atoms with E-state index in [1.54, 1.807) is 18.5 Å². The van der Waals surface area contributed by atoms with Crippen LogP contribution in [0.4, 0.5) is 5.69 Å². The normalized spacial score (nSPS) is 15.5. The first-order valence-corrected chi connectivity index (χ1v) is 9.81. The van der Waals surface area contributed by atoms with Gasteiger partial charge in [0.2, 0.25) is 5.91 Å². The zero-order valence-electron chi connectivity index (χ0n) is 16.7. The Kier molecular flexibility index (Phi) is 5.97. The minimum atomic E-state index is -0.461. The van der Waals surface area contributed by atoms with Gasteiger partial charge in [0.05, 0.1) is 18.9 Å². The summed E-state index contributed by atoms with van der Waals surface area (Å²) in [6, 6.07) is 12.1. The highest BCUT2D eigenvalue weighted by Gasteiger charge is 2.29. The molecule has 1 aliphatic rings. The Morgan fingerprint density at radius 1 is 1.20 bits per heavy atom. The largest absolute Gasteiger partial charge is 0.379 e. The van der Waals surface area contributed by atoms with Crippen molar-refractivity contribution in [1.29, 1.82) is 0 Å². The van der Waals surface area contributed by atoms with Crippen LogP contribution in [-0.4, -0.2) is 52.3 Å². The molecule has 30 heavy (non-hydrogen) atoms. The van der Waals surface area contributed by atoms with Gasteiger partial charge in [-0.1, -0.05) is 18.2 Å². The number of nitrogens with zero attached hydrogens (tertiary/aromatic N) is 3. The Hall–Kier alpha value is -3.36. The van der Waals surface area contributed by atoms with E-state index >= 15 is 0 Å². The van der Waals surface area contributed by atoms with E-state index in [2.05, 4.69) is 25.4 Å². The summed E-state index contributed by atoms with van der Waals surface area (Å²) in [6.07, 6.45) is 3.43. The number of carbonyl (C=O) groups is 1. The summed E-state index contributed by atoms with van der Waals surface area (Å²) in [5.74, 6) is -0.125. The second-order valence-electron chi connectivity index (χ2n) is 7.16. The van der Waals surface area contributed by atoms with Crippen molar-refractivity contribution in [3.8, 4) is 11.3 Å². The van der Waals surface area contributed by atoms with Gasteiger partial charge in [0.1, 0.15) is 6.04 Å². The van der Waals surface area contributed by atoms with Gasteiger partial charge in [-0.05, 0) is 36.2 Å². The number of anilines is 1. The highest BCUT2D eigenvalue weighted by atomic mass is 16.5. The number of aryl methyl sites for hydroxylation is 1. The number of carbonyl (C=O) groups excluding carboxylic acids is 1. The molecule has 1 atom stereocenters. The van der Waals surface area contributed by atoms with Crippen LogP contribution in [0.15, 0.2) is 59.7 Å². The number of pyridine rings is 1. The van der Waals surface area contributed by atoms with Crippen LogP contribution in [-0.2, 0) is 9.53 Å². The van der Waals surface area contributed by atoms with E-state index in [0.29, 0.717) is 37.7 Å². The quantitative estimate of drug-likeness (QED) is 0.675. The summed E-state index contributed by atoms with van der Waals surface area (Å²) in [5.41, 5.74) is 3.65. The van der Waals surface area contributed by atoms with Gasteiger partial charge in [0.25, 0.3) is 5.56 Å². The molecular weight excluding hydrogens is 382 g/mol. The van der Waals surface area contributed by atoms with Crippen LogP contribution in [0.2, 0.25) is 0 Å². The molecule has 1 amide bonds. The average Bonchev–Trinajstić information content (AvgIpc) is 2.77. The highest BCUT2D eigenvalue weighted by molar-refractivity contribution is 5.96. The molecule has 0 spiro atoms. The molecule has 2 N–H and O–H groups in total. The smallest absolute Gasteiger partial charge is 0.264 e. The minimum absolute atomic E-state index is 0.125. The lowest BCUT2D eigenvalue weighted by Crippen LogP contribution is -2.44. The standard InChI is InChI=1S/C22H23N5O3/c1-15-4-5-16(18-6-7-20(28)26-25-18)13-19(15)24-22(29)21(17-3-2-8-23-14-17)27-9-11-30-12-10-27/h2-8,13-14,21H,9-12H2,1H3,(H,24,29)(H,26,28). The van der Waals surface area contributed by atoms with Gasteiger partial charge < -0.3 is 10.1 Å². The minimum Gasteiger partial charge on any atom is -0.379 e. The van der Waals surface area contributed by atoms with E-state index in [1.807, 2.05) is 37.3 Å². The Bertz CT molecular complexity index is 1060. The van der Waals surface area contributed by atoms with Gasteiger partial charge in [0, 0.05) is 42.8 Å². The van der Waals surface area contributed by atoms with Gasteiger partial charge in [0.15, 0.2) is 0 Å². The second kappa shape index (κ2) is 8.98. The van der Waals surface area contributed by atoms with Crippen LogP contribution in [0.3, 0.4) is 0 Å². The summed E-state index contributed by atoms with van der Waals surface area (Å²) in [4.78, 5) is 31.0. The van der Waals surface area contributed by atoms with Crippen LogP contribution in [0.5, 0.6) is 0 Å². The maximum Gasteiger partial charge on any atom is 0.264 e. The number of hydrogen-bond donors (Lipinski definition) is 2. The molecule has 1 saturated heterocycles. The maximum atomic E-state index is 13.4. The van der Waals surface area contributed by atoms with Crippen molar-refractivity contribution in [2.75, 3.05) is 31.6 Å².